The van der Waals surface area contributed by atoms with Crippen LogP contribution in [0.4, 0.5) is 11.4 Å². The van der Waals surface area contributed by atoms with Gasteiger partial charge in [-0.15, -0.1) is 5.01 Å². The predicted molar refractivity (Wildman–Crippen MR) is 79.9 cm³/mol. The van der Waals surface area contributed by atoms with Gasteiger partial charge in [-0.1, -0.05) is 0 Å². The van der Waals surface area contributed by atoms with Crippen molar-refractivity contribution in [2.75, 3.05) is 13.1 Å². The van der Waals surface area contributed by atoms with Crippen molar-refractivity contribution in [3.8, 4) is 5.75 Å². The summed E-state index contributed by atoms with van der Waals surface area (Å²) in [4.78, 5) is 35.9. The molecule has 1 aromatic carbocycles. The van der Waals surface area contributed by atoms with Gasteiger partial charge in [0.15, 0.2) is 0 Å². The zero-order valence-electron chi connectivity index (χ0n) is 12.8. The average molecular weight is 354 g/mol. The highest BCUT2D eigenvalue weighted by atomic mass is 16.7. The van der Waals surface area contributed by atoms with Gasteiger partial charge in [-0.05, 0) is 18.9 Å². The molecule has 0 radical (unpaired) electrons. The van der Waals surface area contributed by atoms with Crippen LogP contribution < -0.4 is 10.6 Å². The number of nitrogens with zero attached hydrogens (tertiary/aromatic N) is 5. The Morgan fingerprint density at radius 1 is 1.20 bits per heavy atom. The molecule has 13 heteroatoms. The molecule has 1 saturated heterocycles. The fourth-order valence-corrected chi connectivity index (χ4v) is 2.29. The molecule has 1 amide bonds. The molecule has 2 rings (SSSR count). The van der Waals surface area contributed by atoms with Crippen molar-refractivity contribution in [2.45, 2.75) is 12.8 Å². The minimum Gasteiger partial charge on any atom is -0.569 e. The maximum absolute atomic E-state index is 11.9. The summed E-state index contributed by atoms with van der Waals surface area (Å²) in [6.45, 7) is 0.429. The zero-order valence-corrected chi connectivity index (χ0v) is 12.8. The van der Waals surface area contributed by atoms with Crippen LogP contribution in [0.5, 0.6) is 5.75 Å². The molecule has 1 heterocycles. The highest BCUT2D eigenvalue weighted by molar-refractivity contribution is 5.76. The van der Waals surface area contributed by atoms with E-state index in [-0.39, 0.29) is 24.0 Å². The number of hydrazine groups is 1. The Bertz CT molecular complexity index is 729. The van der Waals surface area contributed by atoms with E-state index in [0.717, 1.165) is 12.1 Å². The van der Waals surface area contributed by atoms with Gasteiger partial charge in [0.25, 0.3) is 5.69 Å². The molecular weight excluding hydrogens is 340 g/mol. The molecule has 1 aromatic rings. The van der Waals surface area contributed by atoms with E-state index in [9.17, 15) is 30.2 Å². The zero-order chi connectivity index (χ0) is 18.6. The van der Waals surface area contributed by atoms with Gasteiger partial charge < -0.3 is 10.9 Å². The van der Waals surface area contributed by atoms with Crippen molar-refractivity contribution < 1.29 is 24.4 Å². The van der Waals surface area contributed by atoms with E-state index in [1.54, 1.807) is 0 Å². The number of benzene rings is 1. The Morgan fingerprint density at radius 2 is 1.84 bits per heavy atom. The molecule has 1 aliphatic rings. The first-order valence-corrected chi connectivity index (χ1v) is 7.12. The first kappa shape index (κ1) is 17.8. The Hall–Kier alpha value is -3.51. The van der Waals surface area contributed by atoms with E-state index in [1.165, 1.54) is 5.01 Å². The van der Waals surface area contributed by atoms with Gasteiger partial charge in [0, 0.05) is 12.0 Å². The fraction of sp³-hybridized carbons (Fsp3) is 0.417. The van der Waals surface area contributed by atoms with Gasteiger partial charge in [-0.25, -0.2) is 0 Å². The largest absolute Gasteiger partial charge is 0.569 e. The highest BCUT2D eigenvalue weighted by Gasteiger charge is 2.28. The summed E-state index contributed by atoms with van der Waals surface area (Å²) in [6, 6.07) is 2.68. The normalized spacial score (nSPS) is 15.7. The first-order chi connectivity index (χ1) is 11.8. The summed E-state index contributed by atoms with van der Waals surface area (Å²) < 4.78 is 0. The first-order valence-electron chi connectivity index (χ1n) is 7.12. The number of nitrogens with two attached hydrogens (primary N) is 1. The highest BCUT2D eigenvalue weighted by Crippen LogP contribution is 2.31. The lowest BCUT2D eigenvalue weighted by Crippen LogP contribution is -2.41. The number of hydrogen-bond donors (Lipinski definition) is 1. The van der Waals surface area contributed by atoms with Crippen molar-refractivity contribution in [1.82, 2.24) is 5.01 Å². The number of non-ortho nitro benzene ring substituents is 1. The van der Waals surface area contributed by atoms with Crippen LogP contribution in [0.2, 0.25) is 0 Å². The molecule has 0 aliphatic carbocycles. The number of carbonyl (C=O) groups excluding carboxylic acids is 1. The van der Waals surface area contributed by atoms with E-state index in [2.05, 4.69) is 5.28 Å². The smallest absolute Gasteiger partial charge is 0.321 e. The summed E-state index contributed by atoms with van der Waals surface area (Å²) in [5.41, 5.74) is 4.00. The fourth-order valence-electron chi connectivity index (χ4n) is 2.29. The lowest BCUT2D eigenvalue weighted by molar-refractivity contribution is -0.709. The van der Waals surface area contributed by atoms with Crippen LogP contribution in [0.3, 0.4) is 0 Å². The van der Waals surface area contributed by atoms with Crippen LogP contribution in [0.25, 0.3) is 0 Å². The van der Waals surface area contributed by atoms with Gasteiger partial charge in [0.1, 0.15) is 0 Å². The Balaban J connectivity index is 2.09. The maximum atomic E-state index is 11.9. The van der Waals surface area contributed by atoms with Crippen molar-refractivity contribution in [3.05, 3.63) is 43.6 Å². The van der Waals surface area contributed by atoms with Crippen molar-refractivity contribution >= 4 is 17.3 Å². The quantitative estimate of drug-likeness (QED) is 0.338. The van der Waals surface area contributed by atoms with Crippen LogP contribution in [0, 0.1) is 31.4 Å². The number of rotatable bonds is 6. The van der Waals surface area contributed by atoms with Crippen LogP contribution in [0.15, 0.2) is 23.5 Å². The second kappa shape index (κ2) is 7.37. The molecule has 1 aliphatic heterocycles. The number of amides is 1. The molecule has 0 saturated carbocycles. The number of carbonyl (C=O) groups is 1. The summed E-state index contributed by atoms with van der Waals surface area (Å²) in [6.07, 6.45) is 0.753. The third-order valence-corrected chi connectivity index (χ3v) is 3.67. The lowest BCUT2D eigenvalue weighted by Gasteiger charge is -2.26. The van der Waals surface area contributed by atoms with E-state index in [1.807, 2.05) is 0 Å². The number of nitro groups is 2. The van der Waals surface area contributed by atoms with Crippen molar-refractivity contribution in [1.29, 1.82) is 0 Å². The monoisotopic (exact) mass is 354 g/mol. The molecule has 0 aromatic heterocycles. The molecule has 0 unspecified atom stereocenters. The maximum Gasteiger partial charge on any atom is 0.321 e. The topological polar surface area (TPSA) is 180 Å². The average Bonchev–Trinajstić information content (AvgIpc) is 2.59. The van der Waals surface area contributed by atoms with Crippen LogP contribution >= 0.6 is 0 Å². The minimum atomic E-state index is -0.884. The summed E-state index contributed by atoms with van der Waals surface area (Å²) >= 11 is 0. The van der Waals surface area contributed by atoms with Gasteiger partial charge in [0.2, 0.25) is 16.9 Å². The molecule has 2 N–H and O–H groups in total. The van der Waals surface area contributed by atoms with Gasteiger partial charge >= 0.3 is 5.69 Å². The lowest BCUT2D eigenvalue weighted by atomic mass is 9.97. The summed E-state index contributed by atoms with van der Waals surface area (Å²) in [7, 11) is 0. The molecule has 134 valence electrons. The number of hydrogen-bond acceptors (Lipinski definition) is 8. The van der Waals surface area contributed by atoms with Gasteiger partial charge in [0.05, 0.1) is 34.0 Å². The second-order valence-electron chi connectivity index (χ2n) is 5.22. The Morgan fingerprint density at radius 3 is 2.36 bits per heavy atom. The molecule has 0 atom stereocenters. The van der Waals surface area contributed by atoms with E-state index < -0.39 is 32.9 Å². The Labute approximate surface area is 140 Å². The van der Waals surface area contributed by atoms with Crippen LogP contribution in [-0.2, 0) is 4.79 Å². The predicted octanol–water partition coefficient (Wildman–Crippen LogP) is 0.872. The third-order valence-electron chi connectivity index (χ3n) is 3.67. The molecule has 1 fully saturated rings. The van der Waals surface area contributed by atoms with Gasteiger partial charge in [-0.3, -0.25) is 29.9 Å². The van der Waals surface area contributed by atoms with E-state index in [4.69, 9.17) is 10.6 Å². The van der Waals surface area contributed by atoms with Crippen LogP contribution in [-0.4, -0.2) is 38.8 Å². The van der Waals surface area contributed by atoms with Crippen LogP contribution in [0.1, 0.15) is 12.8 Å². The minimum absolute atomic E-state index is 0.113. The van der Waals surface area contributed by atoms with E-state index in [0.29, 0.717) is 18.9 Å². The molecule has 0 spiro atoms. The Kier molecular flexibility index (Phi) is 5.26. The molecule has 25 heavy (non-hydrogen) atoms. The number of piperidine rings is 1. The number of primary amides is 1. The van der Waals surface area contributed by atoms with E-state index >= 15 is 0 Å². The standard InChI is InChI=1S/C12H14N6O7/c13-12(19)8-3-5-15(6-4-8)18(24)14-25-11-2-1-9(16(20)21)7-10(11)17(22)23/h1-2,7-8H,3-6H2,(H2,13,19)/b18-14-. The summed E-state index contributed by atoms with van der Waals surface area (Å²) in [5, 5.41) is 37.9. The second-order valence-corrected chi connectivity index (χ2v) is 5.22. The third kappa shape index (κ3) is 4.27. The summed E-state index contributed by atoms with van der Waals surface area (Å²) in [5.74, 6) is -1.17. The van der Waals surface area contributed by atoms with Gasteiger partial charge in [-0.2, -0.15) is 0 Å². The molecule has 13 nitrogen and oxygen atoms in total. The molecular formula is C12H14N6O7. The van der Waals surface area contributed by atoms with Crippen molar-refractivity contribution in [2.24, 2.45) is 16.9 Å². The molecule has 0 bridgehead atoms. The number of nitro benzene ring substituents is 2. The SMILES string of the molecule is NC(=O)C1CCN(/[N+]([O-])=N/Oc2ccc([N+](=O)[O-])cc2[N+](=O)[O-])CC1. The van der Waals surface area contributed by atoms with Crippen molar-refractivity contribution in [3.63, 3.8) is 0 Å².